The van der Waals surface area contributed by atoms with Gasteiger partial charge in [0, 0.05) is 37.2 Å². The van der Waals surface area contributed by atoms with Crippen molar-refractivity contribution in [1.29, 1.82) is 0 Å². The van der Waals surface area contributed by atoms with Gasteiger partial charge in [-0.1, -0.05) is 23.2 Å². The maximum absolute atomic E-state index is 12.7. The highest BCUT2D eigenvalue weighted by molar-refractivity contribution is 7.89. The van der Waals surface area contributed by atoms with Gasteiger partial charge in [-0.25, -0.2) is 8.42 Å². The van der Waals surface area contributed by atoms with Crippen molar-refractivity contribution in [2.75, 3.05) is 26.2 Å². The van der Waals surface area contributed by atoms with Gasteiger partial charge >= 0.3 is 0 Å². The fourth-order valence-electron chi connectivity index (χ4n) is 2.61. The third kappa shape index (κ3) is 4.61. The van der Waals surface area contributed by atoms with Gasteiger partial charge in [-0.15, -0.1) is 0 Å². The first kappa shape index (κ1) is 19.5. The van der Waals surface area contributed by atoms with Crippen molar-refractivity contribution < 1.29 is 18.3 Å². The molecule has 0 spiro atoms. The lowest BCUT2D eigenvalue weighted by atomic mass is 9.97. The Morgan fingerprint density at radius 3 is 2.58 bits per heavy atom. The van der Waals surface area contributed by atoms with Crippen LogP contribution < -0.4 is 5.32 Å². The van der Waals surface area contributed by atoms with Crippen LogP contribution in [0.2, 0.25) is 10.0 Å². The molecule has 1 aromatic rings. The van der Waals surface area contributed by atoms with Gasteiger partial charge in [0.25, 0.3) is 0 Å². The average Bonchev–Trinajstić information content (AvgIpc) is 2.57. The molecule has 6 nitrogen and oxygen atoms in total. The summed E-state index contributed by atoms with van der Waals surface area (Å²) in [5, 5.41) is 11.9. The number of aliphatic hydroxyl groups excluding tert-OH is 1. The summed E-state index contributed by atoms with van der Waals surface area (Å²) in [7, 11) is -3.73. The minimum absolute atomic E-state index is 0.0116. The minimum atomic E-state index is -3.73. The number of nitrogens with one attached hydrogen (secondary N) is 1. The van der Waals surface area contributed by atoms with Gasteiger partial charge in [0.05, 0.1) is 5.02 Å². The predicted octanol–water partition coefficient (Wildman–Crippen LogP) is 1.89. The Hall–Kier alpha value is -0.860. The molecule has 1 fully saturated rings. The molecule has 0 aromatic heterocycles. The molecule has 1 saturated heterocycles. The van der Waals surface area contributed by atoms with E-state index in [0.717, 1.165) is 0 Å². The molecule has 0 atom stereocenters. The molecule has 2 rings (SSSR count). The van der Waals surface area contributed by atoms with E-state index >= 15 is 0 Å². The van der Waals surface area contributed by atoms with E-state index in [9.17, 15) is 13.2 Å². The molecule has 134 valence electrons. The number of benzene rings is 1. The summed E-state index contributed by atoms with van der Waals surface area (Å²) >= 11 is 11.9. The van der Waals surface area contributed by atoms with Crippen LogP contribution in [0.15, 0.2) is 23.1 Å². The van der Waals surface area contributed by atoms with Crippen LogP contribution in [0.4, 0.5) is 0 Å². The van der Waals surface area contributed by atoms with Gasteiger partial charge in [-0.3, -0.25) is 4.79 Å². The maximum Gasteiger partial charge on any atom is 0.244 e. The fraction of sp³-hybridized carbons (Fsp3) is 0.533. The molecule has 1 aliphatic rings. The molecule has 0 bridgehead atoms. The number of piperidine rings is 1. The topological polar surface area (TPSA) is 86.7 Å². The summed E-state index contributed by atoms with van der Waals surface area (Å²) in [6, 6.07) is 4.33. The lowest BCUT2D eigenvalue weighted by molar-refractivity contribution is -0.126. The zero-order chi connectivity index (χ0) is 17.7. The second-order valence-electron chi connectivity index (χ2n) is 5.62. The number of carbonyl (C=O) groups is 1. The number of nitrogens with zero attached hydrogens (tertiary/aromatic N) is 1. The Morgan fingerprint density at radius 1 is 1.29 bits per heavy atom. The van der Waals surface area contributed by atoms with Gasteiger partial charge in [0.15, 0.2) is 0 Å². The number of hydrogen-bond acceptors (Lipinski definition) is 4. The van der Waals surface area contributed by atoms with Crippen LogP contribution in [0.25, 0.3) is 0 Å². The van der Waals surface area contributed by atoms with E-state index in [-0.39, 0.29) is 41.4 Å². The molecule has 0 radical (unpaired) electrons. The number of aliphatic hydroxyl groups is 1. The number of sulfonamides is 1. The van der Waals surface area contributed by atoms with Crippen LogP contribution in [0.5, 0.6) is 0 Å². The summed E-state index contributed by atoms with van der Waals surface area (Å²) in [5.41, 5.74) is 0. The highest BCUT2D eigenvalue weighted by Gasteiger charge is 2.33. The van der Waals surface area contributed by atoms with E-state index in [1.807, 2.05) is 0 Å². The zero-order valence-corrected chi connectivity index (χ0v) is 15.4. The Bertz CT molecular complexity index is 689. The molecule has 1 aromatic carbocycles. The first-order valence-corrected chi connectivity index (χ1v) is 9.89. The molecule has 1 heterocycles. The smallest absolute Gasteiger partial charge is 0.244 e. The summed E-state index contributed by atoms with van der Waals surface area (Å²) in [5.74, 6) is -0.314. The van der Waals surface area contributed by atoms with E-state index in [2.05, 4.69) is 5.32 Å². The van der Waals surface area contributed by atoms with E-state index in [1.54, 1.807) is 0 Å². The van der Waals surface area contributed by atoms with Crippen molar-refractivity contribution in [3.63, 3.8) is 0 Å². The highest BCUT2D eigenvalue weighted by Crippen LogP contribution is 2.30. The molecule has 1 amide bonds. The van der Waals surface area contributed by atoms with Crippen LogP contribution in [0.3, 0.4) is 0 Å². The molecular weight excluding hydrogens is 375 g/mol. The second-order valence-corrected chi connectivity index (χ2v) is 8.37. The van der Waals surface area contributed by atoms with E-state index < -0.39 is 10.0 Å². The van der Waals surface area contributed by atoms with Gasteiger partial charge in [0.2, 0.25) is 15.9 Å². The number of halogens is 2. The van der Waals surface area contributed by atoms with Crippen LogP contribution in [-0.2, 0) is 14.8 Å². The maximum atomic E-state index is 12.7. The minimum Gasteiger partial charge on any atom is -0.396 e. The van der Waals surface area contributed by atoms with Gasteiger partial charge in [-0.2, -0.15) is 4.31 Å². The number of hydrogen-bond donors (Lipinski definition) is 2. The third-order valence-corrected chi connectivity index (χ3v) is 6.59. The van der Waals surface area contributed by atoms with Crippen LogP contribution in [0, 0.1) is 5.92 Å². The highest BCUT2D eigenvalue weighted by atomic mass is 35.5. The third-order valence-electron chi connectivity index (χ3n) is 3.97. The van der Waals surface area contributed by atoms with Crippen molar-refractivity contribution in [3.8, 4) is 0 Å². The monoisotopic (exact) mass is 394 g/mol. The average molecular weight is 395 g/mol. The predicted molar refractivity (Wildman–Crippen MR) is 92.7 cm³/mol. The Balaban J connectivity index is 2.01. The normalized spacial score (nSPS) is 17.0. The summed E-state index contributed by atoms with van der Waals surface area (Å²) in [6.07, 6.45) is 1.40. The molecule has 9 heteroatoms. The Kier molecular flexibility index (Phi) is 6.88. The lowest BCUT2D eigenvalue weighted by Gasteiger charge is -2.30. The zero-order valence-electron chi connectivity index (χ0n) is 13.0. The Morgan fingerprint density at radius 2 is 1.96 bits per heavy atom. The Labute approximate surface area is 151 Å². The molecular formula is C15H20Cl2N2O4S. The molecule has 0 saturated carbocycles. The molecule has 0 aliphatic carbocycles. The second kappa shape index (κ2) is 8.49. The van der Waals surface area contributed by atoms with Gasteiger partial charge in [0.1, 0.15) is 4.90 Å². The van der Waals surface area contributed by atoms with Crippen LogP contribution >= 0.6 is 23.2 Å². The first-order valence-electron chi connectivity index (χ1n) is 7.70. The summed E-state index contributed by atoms with van der Waals surface area (Å²) in [6.45, 7) is 0.954. The molecule has 2 N–H and O–H groups in total. The molecule has 0 unspecified atom stereocenters. The van der Waals surface area contributed by atoms with Crippen LogP contribution in [-0.4, -0.2) is 50.0 Å². The van der Waals surface area contributed by atoms with Crippen molar-refractivity contribution >= 4 is 39.1 Å². The quantitative estimate of drug-likeness (QED) is 0.721. The SMILES string of the molecule is O=C(NCCCO)C1CCN(S(=O)(=O)c2cc(Cl)ccc2Cl)CC1. The molecule has 1 aliphatic heterocycles. The standard InChI is InChI=1S/C15H20Cl2N2O4S/c16-12-2-3-13(17)14(10-12)24(22,23)19-7-4-11(5-8-19)15(21)18-6-1-9-20/h2-3,10-11,20H,1,4-9H2,(H,18,21). The van der Waals surface area contributed by atoms with E-state index in [4.69, 9.17) is 28.3 Å². The fourth-order valence-corrected chi connectivity index (χ4v) is 4.81. The van der Waals surface area contributed by atoms with Crippen LogP contribution in [0.1, 0.15) is 19.3 Å². The number of carbonyl (C=O) groups excluding carboxylic acids is 1. The van der Waals surface area contributed by atoms with Crippen molar-refractivity contribution in [1.82, 2.24) is 9.62 Å². The van der Waals surface area contributed by atoms with E-state index in [0.29, 0.717) is 30.8 Å². The van der Waals surface area contributed by atoms with Crippen molar-refractivity contribution in [3.05, 3.63) is 28.2 Å². The van der Waals surface area contributed by atoms with Crippen molar-refractivity contribution in [2.45, 2.75) is 24.2 Å². The van der Waals surface area contributed by atoms with Gasteiger partial charge in [-0.05, 0) is 37.5 Å². The van der Waals surface area contributed by atoms with E-state index in [1.165, 1.54) is 22.5 Å². The summed E-state index contributed by atoms with van der Waals surface area (Å²) in [4.78, 5) is 12.0. The van der Waals surface area contributed by atoms with Crippen molar-refractivity contribution in [2.24, 2.45) is 5.92 Å². The first-order chi connectivity index (χ1) is 11.4. The lowest BCUT2D eigenvalue weighted by Crippen LogP contribution is -2.43. The molecule has 24 heavy (non-hydrogen) atoms. The largest absolute Gasteiger partial charge is 0.396 e. The van der Waals surface area contributed by atoms with Gasteiger partial charge < -0.3 is 10.4 Å². The summed E-state index contributed by atoms with van der Waals surface area (Å²) < 4.78 is 26.7. The number of amides is 1. The number of rotatable bonds is 6.